The highest BCUT2D eigenvalue weighted by atomic mass is 16.5. The molecule has 0 aromatic carbocycles. The van der Waals surface area contributed by atoms with Crippen molar-refractivity contribution >= 4 is 17.7 Å². The monoisotopic (exact) mass is 243 g/mol. The quantitative estimate of drug-likeness (QED) is 0.278. The number of nitrogens with one attached hydrogen (secondary N) is 3. The molecule has 0 bridgehead atoms. The molecule has 0 aliphatic rings. The molecule has 0 radical (unpaired) electrons. The van der Waals surface area contributed by atoms with Crippen LogP contribution >= 0.6 is 0 Å². The molecule has 0 heterocycles. The predicted octanol–water partition coefficient (Wildman–Crippen LogP) is -1.83. The third-order valence-corrected chi connectivity index (χ3v) is 1.69. The Balaban J connectivity index is 3.60. The van der Waals surface area contributed by atoms with Crippen LogP contribution in [0.1, 0.15) is 0 Å². The van der Waals surface area contributed by atoms with E-state index in [4.69, 9.17) is 4.74 Å². The minimum absolute atomic E-state index is 0.177. The van der Waals surface area contributed by atoms with Gasteiger partial charge in [0.25, 0.3) is 0 Å². The summed E-state index contributed by atoms with van der Waals surface area (Å²) in [5.41, 5.74) is 0. The highest BCUT2D eigenvalue weighted by molar-refractivity contribution is 6.35. The molecule has 0 fully saturated rings. The van der Waals surface area contributed by atoms with Crippen molar-refractivity contribution in [2.75, 3.05) is 33.4 Å². The van der Waals surface area contributed by atoms with Crippen molar-refractivity contribution in [2.24, 2.45) is 0 Å². The van der Waals surface area contributed by atoms with Crippen molar-refractivity contribution in [1.82, 2.24) is 16.0 Å². The van der Waals surface area contributed by atoms with Gasteiger partial charge in [0.05, 0.1) is 6.61 Å². The van der Waals surface area contributed by atoms with Crippen molar-refractivity contribution < 1.29 is 19.1 Å². The first kappa shape index (κ1) is 15.1. The Labute approximate surface area is 99.6 Å². The number of hydrogen-bond donors (Lipinski definition) is 3. The summed E-state index contributed by atoms with van der Waals surface area (Å²) in [5, 5.41) is 7.17. The van der Waals surface area contributed by atoms with Gasteiger partial charge in [0, 0.05) is 26.7 Å². The highest BCUT2D eigenvalue weighted by Crippen LogP contribution is 1.71. The number of carbonyl (C=O) groups excluding carboxylic acids is 3. The van der Waals surface area contributed by atoms with Gasteiger partial charge in [-0.3, -0.25) is 14.4 Å². The Morgan fingerprint density at radius 2 is 1.59 bits per heavy atom. The first-order valence-corrected chi connectivity index (χ1v) is 5.07. The average molecular weight is 243 g/mol. The number of ether oxygens (including phenoxy) is 1. The fraction of sp³-hybridized carbons (Fsp3) is 0.500. The summed E-state index contributed by atoms with van der Waals surface area (Å²) in [6.45, 7) is 4.30. The van der Waals surface area contributed by atoms with E-state index in [0.29, 0.717) is 6.61 Å². The average Bonchev–Trinajstić information content (AvgIpc) is 2.34. The van der Waals surface area contributed by atoms with Crippen molar-refractivity contribution in [3.63, 3.8) is 0 Å². The van der Waals surface area contributed by atoms with Gasteiger partial charge in [0.2, 0.25) is 5.91 Å². The fourth-order valence-corrected chi connectivity index (χ4v) is 0.861. The van der Waals surface area contributed by atoms with E-state index in [1.54, 1.807) is 0 Å². The molecule has 3 N–H and O–H groups in total. The molecule has 0 aliphatic carbocycles. The van der Waals surface area contributed by atoms with Gasteiger partial charge in [0.1, 0.15) is 0 Å². The van der Waals surface area contributed by atoms with Crippen molar-refractivity contribution in [3.8, 4) is 0 Å². The van der Waals surface area contributed by atoms with Gasteiger partial charge >= 0.3 is 11.8 Å². The van der Waals surface area contributed by atoms with Gasteiger partial charge in [-0.25, -0.2) is 0 Å². The van der Waals surface area contributed by atoms with Crippen LogP contribution in [-0.2, 0) is 19.1 Å². The van der Waals surface area contributed by atoms with E-state index in [-0.39, 0.29) is 25.5 Å². The number of rotatable bonds is 7. The third kappa shape index (κ3) is 7.97. The zero-order valence-corrected chi connectivity index (χ0v) is 9.75. The maximum atomic E-state index is 11.2. The Hall–Kier alpha value is -1.89. The molecule has 0 aromatic heterocycles. The molecule has 3 amide bonds. The van der Waals surface area contributed by atoms with Crippen molar-refractivity contribution in [2.45, 2.75) is 0 Å². The van der Waals surface area contributed by atoms with E-state index >= 15 is 0 Å². The number of hydrogen-bond acceptors (Lipinski definition) is 4. The normalized spacial score (nSPS) is 9.24. The number of amides is 3. The molecule has 0 saturated carbocycles. The van der Waals surface area contributed by atoms with Gasteiger partial charge in [-0.2, -0.15) is 0 Å². The molecule has 17 heavy (non-hydrogen) atoms. The van der Waals surface area contributed by atoms with Crippen molar-refractivity contribution in [1.29, 1.82) is 0 Å². The van der Waals surface area contributed by atoms with Crippen LogP contribution in [-0.4, -0.2) is 51.1 Å². The lowest BCUT2D eigenvalue weighted by atomic mass is 10.5. The molecular weight excluding hydrogens is 226 g/mol. The Kier molecular flexibility index (Phi) is 8.31. The third-order valence-electron chi connectivity index (χ3n) is 1.69. The van der Waals surface area contributed by atoms with Crippen LogP contribution in [0.25, 0.3) is 0 Å². The maximum absolute atomic E-state index is 11.2. The van der Waals surface area contributed by atoms with Crippen LogP contribution in [0.15, 0.2) is 12.7 Å². The molecule has 0 atom stereocenters. The van der Waals surface area contributed by atoms with Crippen LogP contribution < -0.4 is 16.0 Å². The summed E-state index contributed by atoms with van der Waals surface area (Å²) in [6, 6.07) is 0. The van der Waals surface area contributed by atoms with Gasteiger partial charge in [-0.1, -0.05) is 6.58 Å². The van der Waals surface area contributed by atoms with Crippen LogP contribution in [0.4, 0.5) is 0 Å². The van der Waals surface area contributed by atoms with Gasteiger partial charge in [0.15, 0.2) is 0 Å². The van der Waals surface area contributed by atoms with E-state index in [9.17, 15) is 14.4 Å². The van der Waals surface area contributed by atoms with Gasteiger partial charge < -0.3 is 20.7 Å². The van der Waals surface area contributed by atoms with E-state index in [0.717, 1.165) is 6.08 Å². The topological polar surface area (TPSA) is 96.5 Å². The van der Waals surface area contributed by atoms with Crippen LogP contribution in [0.2, 0.25) is 0 Å². The molecule has 0 unspecified atom stereocenters. The minimum Gasteiger partial charge on any atom is -0.383 e. The molecule has 0 aromatic rings. The zero-order chi connectivity index (χ0) is 13.1. The summed E-state index contributed by atoms with van der Waals surface area (Å²) >= 11 is 0. The second-order valence-electron chi connectivity index (χ2n) is 3.00. The molecule has 0 rings (SSSR count). The summed E-state index contributed by atoms with van der Waals surface area (Å²) in [7, 11) is 1.49. The van der Waals surface area contributed by atoms with E-state index < -0.39 is 11.8 Å². The minimum atomic E-state index is -0.742. The Bertz CT molecular complexity index is 291. The molecule has 0 spiro atoms. The van der Waals surface area contributed by atoms with Crippen LogP contribution in [0, 0.1) is 0 Å². The van der Waals surface area contributed by atoms with Crippen LogP contribution in [0.3, 0.4) is 0 Å². The molecule has 96 valence electrons. The van der Waals surface area contributed by atoms with E-state index in [1.165, 1.54) is 7.11 Å². The van der Waals surface area contributed by atoms with Crippen LogP contribution in [0.5, 0.6) is 0 Å². The smallest absolute Gasteiger partial charge is 0.309 e. The lowest BCUT2D eigenvalue weighted by Crippen LogP contribution is -2.43. The Morgan fingerprint density at radius 3 is 2.12 bits per heavy atom. The summed E-state index contributed by atoms with van der Waals surface area (Å²) in [5.74, 6) is -1.80. The summed E-state index contributed by atoms with van der Waals surface area (Å²) in [4.78, 5) is 33.0. The molecular formula is C10H17N3O4. The first-order valence-electron chi connectivity index (χ1n) is 5.07. The summed E-state index contributed by atoms with van der Waals surface area (Å²) < 4.78 is 4.71. The second-order valence-corrected chi connectivity index (χ2v) is 3.00. The van der Waals surface area contributed by atoms with Gasteiger partial charge in [-0.05, 0) is 6.08 Å². The van der Waals surface area contributed by atoms with E-state index in [1.807, 2.05) is 0 Å². The maximum Gasteiger partial charge on any atom is 0.309 e. The molecule has 0 aliphatic heterocycles. The first-order chi connectivity index (χ1) is 8.11. The highest BCUT2D eigenvalue weighted by Gasteiger charge is 2.11. The largest absolute Gasteiger partial charge is 0.383 e. The molecule has 7 nitrogen and oxygen atoms in total. The molecule has 0 saturated heterocycles. The molecule has 7 heteroatoms. The van der Waals surface area contributed by atoms with Crippen molar-refractivity contribution in [3.05, 3.63) is 12.7 Å². The second kappa shape index (κ2) is 9.34. The van der Waals surface area contributed by atoms with E-state index in [2.05, 4.69) is 22.5 Å². The lowest BCUT2D eigenvalue weighted by molar-refractivity contribution is -0.139. The number of carbonyl (C=O) groups is 3. The SMILES string of the molecule is C=CC(=O)NCCNC(=O)C(=O)NCCOC. The summed E-state index contributed by atoms with van der Waals surface area (Å²) in [6.07, 6.45) is 1.12. The zero-order valence-electron chi connectivity index (χ0n) is 9.75. The Morgan fingerprint density at radius 1 is 1.06 bits per heavy atom. The standard InChI is InChI=1S/C10H17N3O4/c1-3-8(14)11-4-5-12-9(15)10(16)13-6-7-17-2/h3H,1,4-7H2,2H3,(H,11,14)(H,12,15)(H,13,16). The number of methoxy groups -OCH3 is 1. The fourth-order valence-electron chi connectivity index (χ4n) is 0.861. The van der Waals surface area contributed by atoms with Gasteiger partial charge in [-0.15, -0.1) is 0 Å². The lowest BCUT2D eigenvalue weighted by Gasteiger charge is -2.06. The predicted molar refractivity (Wildman–Crippen MR) is 61.1 cm³/mol.